The Bertz CT molecular complexity index is 3370. The van der Waals surface area contributed by atoms with Gasteiger partial charge in [-0.05, 0) is 148 Å². The number of aromatic nitrogens is 3. The molecule has 0 radical (unpaired) electrons. The number of benzene rings is 9. The van der Waals surface area contributed by atoms with Crippen molar-refractivity contribution in [1.82, 2.24) is 15.0 Å². The van der Waals surface area contributed by atoms with Crippen molar-refractivity contribution in [1.29, 1.82) is 0 Å². The van der Waals surface area contributed by atoms with Crippen molar-refractivity contribution < 1.29 is 0 Å². The van der Waals surface area contributed by atoms with Crippen molar-refractivity contribution in [3.8, 4) is 78.7 Å². The van der Waals surface area contributed by atoms with Crippen LogP contribution in [0.5, 0.6) is 0 Å². The Balaban J connectivity index is 1.13. The van der Waals surface area contributed by atoms with Crippen LogP contribution < -0.4 is 0 Å². The molecule has 3 heteroatoms. The van der Waals surface area contributed by atoms with Gasteiger partial charge in [0.25, 0.3) is 0 Å². The molecule has 0 bridgehead atoms. The molecule has 0 N–H and O–H groups in total. The summed E-state index contributed by atoms with van der Waals surface area (Å²) in [6.45, 7) is 13.1. The molecule has 10 rings (SSSR count). The molecule has 0 amide bonds. The second-order valence-electron chi connectivity index (χ2n) is 17.5. The Labute approximate surface area is 377 Å². The van der Waals surface area contributed by atoms with E-state index in [9.17, 15) is 0 Å². The normalized spacial score (nSPS) is 11.9. The third-order valence-electron chi connectivity index (χ3n) is 12.8. The Kier molecular flexibility index (Phi) is 10.8. The van der Waals surface area contributed by atoms with E-state index in [1.165, 1.54) is 71.6 Å². The van der Waals surface area contributed by atoms with Gasteiger partial charge in [-0.15, -0.1) is 0 Å². The van der Waals surface area contributed by atoms with Crippen LogP contribution in [0.2, 0.25) is 0 Å². The maximum Gasteiger partial charge on any atom is 0.164 e. The summed E-state index contributed by atoms with van der Waals surface area (Å²) >= 11 is 0. The fourth-order valence-electron chi connectivity index (χ4n) is 9.47. The lowest BCUT2D eigenvalue weighted by molar-refractivity contribution is 0.733. The number of aryl methyl sites for hydroxylation is 4. The molecule has 0 spiro atoms. The maximum atomic E-state index is 5.33. The first-order valence-corrected chi connectivity index (χ1v) is 22.5. The van der Waals surface area contributed by atoms with Crippen LogP contribution >= 0.6 is 0 Å². The van der Waals surface area contributed by atoms with Gasteiger partial charge in [0, 0.05) is 16.7 Å². The lowest BCUT2D eigenvalue weighted by atomic mass is 9.87. The molecule has 64 heavy (non-hydrogen) atoms. The molecule has 0 fully saturated rings. The first-order chi connectivity index (χ1) is 31.2. The van der Waals surface area contributed by atoms with Gasteiger partial charge in [0.2, 0.25) is 0 Å². The van der Waals surface area contributed by atoms with Crippen LogP contribution in [0.15, 0.2) is 182 Å². The minimum absolute atomic E-state index is 0.421. The largest absolute Gasteiger partial charge is 0.208 e. The van der Waals surface area contributed by atoms with Crippen molar-refractivity contribution in [2.45, 2.75) is 53.9 Å². The number of nitrogens with zero attached hydrogens (tertiary/aromatic N) is 3. The number of hydrogen-bond acceptors (Lipinski definition) is 3. The molecule has 3 nitrogen and oxygen atoms in total. The molecular weight excluding hydrogens is 775 g/mol. The van der Waals surface area contributed by atoms with Gasteiger partial charge in [0.15, 0.2) is 17.5 Å². The molecule has 0 saturated carbocycles. The predicted molar refractivity (Wildman–Crippen MR) is 271 cm³/mol. The summed E-state index contributed by atoms with van der Waals surface area (Å²) in [5, 5.41) is 5.03. The predicted octanol–water partition coefficient (Wildman–Crippen LogP) is 16.6. The molecule has 1 unspecified atom stereocenters. The van der Waals surface area contributed by atoms with E-state index >= 15 is 0 Å². The number of fused-ring (bicyclic) bond motifs is 3. The molecule has 9 aromatic carbocycles. The highest BCUT2D eigenvalue weighted by Gasteiger charge is 2.20. The lowest BCUT2D eigenvalue weighted by Gasteiger charge is -2.18. The fraction of sp³-hybridized carbons (Fsp3) is 0.131. The van der Waals surface area contributed by atoms with E-state index in [0.29, 0.717) is 23.4 Å². The maximum absolute atomic E-state index is 5.33. The van der Waals surface area contributed by atoms with Crippen molar-refractivity contribution in [3.05, 3.63) is 210 Å². The second-order valence-corrected chi connectivity index (χ2v) is 17.5. The van der Waals surface area contributed by atoms with Crippen LogP contribution in [0, 0.1) is 27.7 Å². The average molecular weight is 826 g/mol. The summed E-state index contributed by atoms with van der Waals surface area (Å²) in [5.41, 5.74) is 18.3. The Morgan fingerprint density at radius 1 is 0.344 bits per heavy atom. The first-order valence-electron chi connectivity index (χ1n) is 22.5. The molecule has 1 aromatic heterocycles. The summed E-state index contributed by atoms with van der Waals surface area (Å²) in [4.78, 5) is 15.8. The van der Waals surface area contributed by atoms with Crippen LogP contribution in [0.25, 0.3) is 100 Å². The fourth-order valence-corrected chi connectivity index (χ4v) is 9.47. The van der Waals surface area contributed by atoms with Crippen molar-refractivity contribution >= 4 is 21.5 Å². The van der Waals surface area contributed by atoms with Crippen LogP contribution in [0.3, 0.4) is 0 Å². The minimum Gasteiger partial charge on any atom is -0.208 e. The summed E-state index contributed by atoms with van der Waals surface area (Å²) in [7, 11) is 0. The van der Waals surface area contributed by atoms with E-state index in [4.69, 9.17) is 15.0 Å². The minimum atomic E-state index is 0.421. The SMILES string of the molecule is CCC(C)c1cc(C)cc(-c2nc(-c3cc(C)cc(C)c3)nc(-c3ccccc3-c3ccc(C)cc3-c3cccc(-c4ccccc4-c4cc5ccccc5c5ccccc45)c3)n2)c1. The summed E-state index contributed by atoms with van der Waals surface area (Å²) < 4.78 is 0. The van der Waals surface area contributed by atoms with Gasteiger partial charge >= 0.3 is 0 Å². The van der Waals surface area contributed by atoms with Gasteiger partial charge in [0.1, 0.15) is 0 Å². The molecule has 1 atom stereocenters. The first kappa shape index (κ1) is 40.6. The van der Waals surface area contributed by atoms with Gasteiger partial charge in [-0.25, -0.2) is 15.0 Å². The van der Waals surface area contributed by atoms with E-state index in [-0.39, 0.29) is 0 Å². The van der Waals surface area contributed by atoms with Gasteiger partial charge in [-0.3, -0.25) is 0 Å². The molecule has 0 aliphatic rings. The van der Waals surface area contributed by atoms with Crippen molar-refractivity contribution in [2.75, 3.05) is 0 Å². The zero-order valence-electron chi connectivity index (χ0n) is 37.4. The average Bonchev–Trinajstić information content (AvgIpc) is 3.33. The molecular formula is C61H51N3. The van der Waals surface area contributed by atoms with E-state index in [0.717, 1.165) is 45.4 Å². The third-order valence-corrected chi connectivity index (χ3v) is 12.8. The molecule has 10 aromatic rings. The molecule has 1 heterocycles. The Morgan fingerprint density at radius 3 is 1.58 bits per heavy atom. The molecule has 0 aliphatic heterocycles. The highest BCUT2D eigenvalue weighted by Crippen LogP contribution is 2.43. The van der Waals surface area contributed by atoms with E-state index in [1.807, 2.05) is 0 Å². The number of rotatable bonds is 9. The van der Waals surface area contributed by atoms with Gasteiger partial charge in [-0.1, -0.05) is 182 Å². The van der Waals surface area contributed by atoms with E-state index in [2.05, 4.69) is 224 Å². The van der Waals surface area contributed by atoms with Crippen molar-refractivity contribution in [3.63, 3.8) is 0 Å². The third kappa shape index (κ3) is 7.79. The standard InChI is InChI=1S/C61H51N3/c1-7-42(6)46-30-41(5)33-48(36-46)60-62-59(47-31-39(3)29-40(4)32-47)63-61(64-60)56-26-15-14-24-53(56)55-28-27-38(2)34-57(55)44-19-16-18-43(35-44)49-21-10-11-23-52(49)58-37-45-17-8-9-20-50(45)51-22-12-13-25-54(51)58/h8-37,42H,7H2,1-6H3. The summed E-state index contributed by atoms with van der Waals surface area (Å²) in [5.74, 6) is 2.42. The highest BCUT2D eigenvalue weighted by molar-refractivity contribution is 6.14. The number of hydrogen-bond donors (Lipinski definition) is 0. The van der Waals surface area contributed by atoms with Crippen LogP contribution in [-0.2, 0) is 0 Å². The van der Waals surface area contributed by atoms with Crippen molar-refractivity contribution in [2.24, 2.45) is 0 Å². The summed E-state index contributed by atoms with van der Waals surface area (Å²) in [6, 6.07) is 66.4. The Hall–Kier alpha value is -7.49. The van der Waals surface area contributed by atoms with Gasteiger partial charge in [0.05, 0.1) is 0 Å². The lowest BCUT2D eigenvalue weighted by Crippen LogP contribution is -2.03. The van der Waals surface area contributed by atoms with Gasteiger partial charge in [-0.2, -0.15) is 0 Å². The van der Waals surface area contributed by atoms with Gasteiger partial charge < -0.3 is 0 Å². The molecule has 0 saturated heterocycles. The van der Waals surface area contributed by atoms with E-state index in [1.54, 1.807) is 0 Å². The molecule has 0 aliphatic carbocycles. The van der Waals surface area contributed by atoms with Crippen LogP contribution in [0.4, 0.5) is 0 Å². The molecule has 310 valence electrons. The topological polar surface area (TPSA) is 38.7 Å². The van der Waals surface area contributed by atoms with E-state index < -0.39 is 0 Å². The zero-order valence-corrected chi connectivity index (χ0v) is 37.4. The van der Waals surface area contributed by atoms with Crippen LogP contribution in [0.1, 0.15) is 54.0 Å². The smallest absolute Gasteiger partial charge is 0.164 e. The monoisotopic (exact) mass is 825 g/mol. The highest BCUT2D eigenvalue weighted by atomic mass is 15.0. The summed E-state index contributed by atoms with van der Waals surface area (Å²) in [6.07, 6.45) is 1.06. The quantitative estimate of drug-likeness (QED) is 0.136. The van der Waals surface area contributed by atoms with Crippen LogP contribution in [-0.4, -0.2) is 15.0 Å². The zero-order chi connectivity index (χ0) is 43.9. The second kappa shape index (κ2) is 17.0. The Morgan fingerprint density at radius 2 is 0.875 bits per heavy atom.